The predicted octanol–water partition coefficient (Wildman–Crippen LogP) is 3.78. The lowest BCUT2D eigenvalue weighted by Gasteiger charge is -2.12. The summed E-state index contributed by atoms with van der Waals surface area (Å²) in [7, 11) is 0. The van der Waals surface area contributed by atoms with Crippen LogP contribution in [0.25, 0.3) is 0 Å². The van der Waals surface area contributed by atoms with E-state index in [-0.39, 0.29) is 22.8 Å². The minimum atomic E-state index is -1.15. The molecule has 0 aliphatic heterocycles. The monoisotopic (exact) mass is 410 g/mol. The fourth-order valence-electron chi connectivity index (χ4n) is 1.20. The Balaban J connectivity index is 2.97. The highest BCUT2D eigenvalue weighted by atomic mass is 79.9. The Labute approximate surface area is 131 Å². The van der Waals surface area contributed by atoms with E-state index in [0.717, 1.165) is 0 Å². The third kappa shape index (κ3) is 4.85. The minimum absolute atomic E-state index is 0.0406. The van der Waals surface area contributed by atoms with Gasteiger partial charge in [-0.15, -0.1) is 0 Å². The lowest BCUT2D eigenvalue weighted by Crippen LogP contribution is -2.30. The van der Waals surface area contributed by atoms with Crippen molar-refractivity contribution in [2.45, 2.75) is 0 Å². The molecule has 19 heavy (non-hydrogen) atoms. The number of carboxylic acid groups (broad SMARTS) is 1. The quantitative estimate of drug-likeness (QED) is 0.704. The summed E-state index contributed by atoms with van der Waals surface area (Å²) in [6.45, 7) is 3.51. The third-order valence-electron chi connectivity index (χ3n) is 1.96. The summed E-state index contributed by atoms with van der Waals surface area (Å²) in [5.41, 5.74) is 0.120. The van der Waals surface area contributed by atoms with Gasteiger partial charge in [0, 0.05) is 14.0 Å². The molecule has 1 aromatic carbocycles. The Morgan fingerprint density at radius 2 is 2.00 bits per heavy atom. The van der Waals surface area contributed by atoms with Crippen LogP contribution in [0, 0.1) is 0 Å². The van der Waals surface area contributed by atoms with E-state index in [4.69, 9.17) is 16.7 Å². The number of halogens is 3. The standard InChI is InChI=1S/C11H9Br2ClN2O3/c1-5(14)4-15-11(19)16-9-7(10(17)18)2-6(12)3-8(9)13/h2-3H,1,4H2,(H,17,18)(H2,15,16,19). The maximum atomic E-state index is 11.6. The molecule has 0 heterocycles. The maximum absolute atomic E-state index is 11.6. The maximum Gasteiger partial charge on any atom is 0.337 e. The van der Waals surface area contributed by atoms with Gasteiger partial charge in [-0.2, -0.15) is 0 Å². The van der Waals surface area contributed by atoms with E-state index in [1.54, 1.807) is 6.07 Å². The molecule has 0 bridgehead atoms. The predicted molar refractivity (Wildman–Crippen MR) is 80.8 cm³/mol. The largest absolute Gasteiger partial charge is 0.478 e. The number of urea groups is 1. The van der Waals surface area contributed by atoms with E-state index in [0.29, 0.717) is 8.95 Å². The van der Waals surface area contributed by atoms with Crippen molar-refractivity contribution in [2.24, 2.45) is 0 Å². The fourth-order valence-corrected chi connectivity index (χ4v) is 2.59. The summed E-state index contributed by atoms with van der Waals surface area (Å²) < 4.78 is 1.02. The van der Waals surface area contributed by atoms with Crippen molar-refractivity contribution >= 4 is 61.1 Å². The van der Waals surface area contributed by atoms with Crippen molar-refractivity contribution in [1.29, 1.82) is 0 Å². The van der Waals surface area contributed by atoms with E-state index in [2.05, 4.69) is 49.1 Å². The van der Waals surface area contributed by atoms with Gasteiger partial charge in [-0.25, -0.2) is 9.59 Å². The van der Waals surface area contributed by atoms with Crippen molar-refractivity contribution in [2.75, 3.05) is 11.9 Å². The Morgan fingerprint density at radius 1 is 1.37 bits per heavy atom. The number of hydrogen-bond donors (Lipinski definition) is 3. The Kier molecular flexibility index (Phi) is 5.84. The summed E-state index contributed by atoms with van der Waals surface area (Å²) in [6.07, 6.45) is 0. The van der Waals surface area contributed by atoms with Gasteiger partial charge in [-0.05, 0) is 28.1 Å². The lowest BCUT2D eigenvalue weighted by molar-refractivity contribution is 0.0698. The third-order valence-corrected chi connectivity index (χ3v) is 3.18. The van der Waals surface area contributed by atoms with Crippen LogP contribution in [-0.4, -0.2) is 23.7 Å². The topological polar surface area (TPSA) is 78.4 Å². The zero-order chi connectivity index (χ0) is 14.6. The first kappa shape index (κ1) is 16.0. The second-order valence-corrected chi connectivity index (χ2v) is 5.74. The number of benzene rings is 1. The number of carboxylic acids is 1. The number of anilines is 1. The number of aromatic carboxylic acids is 1. The van der Waals surface area contributed by atoms with Gasteiger partial charge in [-0.1, -0.05) is 34.1 Å². The molecule has 0 radical (unpaired) electrons. The van der Waals surface area contributed by atoms with Crippen molar-refractivity contribution in [3.8, 4) is 0 Å². The molecule has 0 atom stereocenters. The van der Waals surface area contributed by atoms with Crippen LogP contribution in [0.1, 0.15) is 10.4 Å². The molecule has 0 fully saturated rings. The van der Waals surface area contributed by atoms with Gasteiger partial charge < -0.3 is 15.7 Å². The molecule has 0 saturated heterocycles. The van der Waals surface area contributed by atoms with E-state index in [1.165, 1.54) is 6.07 Å². The number of carbonyl (C=O) groups is 2. The first-order valence-corrected chi connectivity index (χ1v) is 6.88. The normalized spacial score (nSPS) is 9.84. The number of nitrogens with one attached hydrogen (secondary N) is 2. The van der Waals surface area contributed by atoms with Gasteiger partial charge in [0.1, 0.15) is 0 Å². The van der Waals surface area contributed by atoms with Crippen LogP contribution in [0.2, 0.25) is 0 Å². The van der Waals surface area contributed by atoms with Crippen molar-refractivity contribution < 1.29 is 14.7 Å². The van der Waals surface area contributed by atoms with Crippen LogP contribution < -0.4 is 10.6 Å². The van der Waals surface area contributed by atoms with Crippen LogP contribution in [0.3, 0.4) is 0 Å². The van der Waals surface area contributed by atoms with Crippen LogP contribution in [0.15, 0.2) is 32.7 Å². The highest BCUT2D eigenvalue weighted by molar-refractivity contribution is 9.11. The molecular weight excluding hydrogens is 403 g/mol. The van der Waals surface area contributed by atoms with Crippen molar-refractivity contribution in [3.05, 3.63) is 38.3 Å². The zero-order valence-corrected chi connectivity index (χ0v) is 13.4. The molecule has 8 heteroatoms. The number of amides is 2. The first-order chi connectivity index (χ1) is 8.81. The van der Waals surface area contributed by atoms with E-state index in [1.807, 2.05) is 0 Å². The average molecular weight is 412 g/mol. The summed E-state index contributed by atoms with van der Waals surface area (Å²) in [5.74, 6) is -1.15. The second kappa shape index (κ2) is 6.93. The summed E-state index contributed by atoms with van der Waals surface area (Å²) >= 11 is 11.9. The van der Waals surface area contributed by atoms with Gasteiger partial charge in [0.25, 0.3) is 0 Å². The first-order valence-electron chi connectivity index (χ1n) is 4.91. The molecule has 3 N–H and O–H groups in total. The van der Waals surface area contributed by atoms with Crippen LogP contribution in [0.5, 0.6) is 0 Å². The van der Waals surface area contributed by atoms with E-state index < -0.39 is 12.0 Å². The Hall–Kier alpha value is -1.05. The van der Waals surface area contributed by atoms with Crippen LogP contribution in [-0.2, 0) is 0 Å². The summed E-state index contributed by atoms with van der Waals surface area (Å²) in [6, 6.07) is 2.44. The van der Waals surface area contributed by atoms with Gasteiger partial charge >= 0.3 is 12.0 Å². The highest BCUT2D eigenvalue weighted by Gasteiger charge is 2.16. The molecule has 0 unspecified atom stereocenters. The second-order valence-electron chi connectivity index (χ2n) is 3.44. The number of rotatable bonds is 4. The van der Waals surface area contributed by atoms with Crippen LogP contribution in [0.4, 0.5) is 10.5 Å². The Bertz CT molecular complexity index is 549. The summed E-state index contributed by atoms with van der Waals surface area (Å²) in [5, 5.41) is 14.2. The van der Waals surface area contributed by atoms with Crippen LogP contribution >= 0.6 is 43.5 Å². The highest BCUT2D eigenvalue weighted by Crippen LogP contribution is 2.30. The molecule has 0 spiro atoms. The molecular formula is C11H9Br2ClN2O3. The number of hydrogen-bond acceptors (Lipinski definition) is 2. The molecule has 5 nitrogen and oxygen atoms in total. The van der Waals surface area contributed by atoms with Gasteiger partial charge in [0.15, 0.2) is 0 Å². The molecule has 1 rings (SSSR count). The molecule has 0 aromatic heterocycles. The van der Waals surface area contributed by atoms with Gasteiger partial charge in [0.2, 0.25) is 0 Å². The molecule has 0 aliphatic rings. The Morgan fingerprint density at radius 3 is 2.53 bits per heavy atom. The summed E-state index contributed by atoms with van der Waals surface area (Å²) in [4.78, 5) is 22.7. The van der Waals surface area contributed by atoms with Gasteiger partial charge in [0.05, 0.1) is 17.8 Å². The molecule has 0 aliphatic carbocycles. The smallest absolute Gasteiger partial charge is 0.337 e. The molecule has 0 saturated carbocycles. The lowest BCUT2D eigenvalue weighted by atomic mass is 10.2. The average Bonchev–Trinajstić information content (AvgIpc) is 2.29. The van der Waals surface area contributed by atoms with Gasteiger partial charge in [-0.3, -0.25) is 0 Å². The zero-order valence-electron chi connectivity index (χ0n) is 9.47. The fraction of sp³-hybridized carbons (Fsp3) is 0.0909. The minimum Gasteiger partial charge on any atom is -0.478 e. The van der Waals surface area contributed by atoms with E-state index in [9.17, 15) is 9.59 Å². The van der Waals surface area contributed by atoms with Crippen molar-refractivity contribution in [1.82, 2.24) is 5.32 Å². The number of carbonyl (C=O) groups excluding carboxylic acids is 1. The van der Waals surface area contributed by atoms with Crippen molar-refractivity contribution in [3.63, 3.8) is 0 Å². The molecule has 2 amide bonds. The van der Waals surface area contributed by atoms with E-state index >= 15 is 0 Å². The molecule has 1 aromatic rings. The SMILES string of the molecule is C=C(Cl)CNC(=O)Nc1c(Br)cc(Br)cc1C(=O)O. The molecule has 102 valence electrons.